The number of aromatic hydroxyl groups is 1. The summed E-state index contributed by atoms with van der Waals surface area (Å²) in [5.74, 6) is -4.75. The Balaban J connectivity index is 1.08. The van der Waals surface area contributed by atoms with Gasteiger partial charge in [-0.05, 0) is 110 Å². The van der Waals surface area contributed by atoms with Crippen LogP contribution >= 0.6 is 0 Å². The summed E-state index contributed by atoms with van der Waals surface area (Å²) in [6.45, 7) is 2.40. The number of phenolic OH excluding ortho intramolecular Hbond substituents is 1. The van der Waals surface area contributed by atoms with Crippen molar-refractivity contribution in [2.24, 2.45) is 34.5 Å². The number of rotatable bonds is 15. The number of methoxy groups -OCH3 is 1. The molecule has 4 aliphatic carbocycles. The first-order valence-electron chi connectivity index (χ1n) is 17.9. The molecular weight excluding hydrogens is 619 g/mol. The van der Waals surface area contributed by atoms with E-state index < -0.39 is 42.9 Å². The van der Waals surface area contributed by atoms with Gasteiger partial charge in [0.25, 0.3) is 0 Å². The van der Waals surface area contributed by atoms with Gasteiger partial charge in [0.1, 0.15) is 5.75 Å². The number of carbonyl (C=O) groups is 1. The average Bonchev–Trinajstić information content (AvgIpc) is 3.80. The molecule has 5 unspecified atom stereocenters. The monoisotopic (exact) mass is 672 g/mol. The first-order chi connectivity index (χ1) is 22.2. The van der Waals surface area contributed by atoms with Crippen LogP contribution in [0.5, 0.6) is 5.75 Å². The first-order valence-corrected chi connectivity index (χ1v) is 17.9. The molecule has 0 amide bonds. The smallest absolute Gasteiger partial charge is 0.453 e. The highest BCUT2D eigenvalue weighted by molar-refractivity contribution is 5.72. The standard InChI is InChI=1S/C37H53F5O5/c1-34-18-16-26-25-15-14-24(43)21-28(25)32(45)27(31(26)29(34)22-30(44)35(34)19-20-35)13-9-7-5-3-4-6-8-11-23(33(46)47-2)12-10-17-36(38,39)37(40,41)42/h14-15,21,23,26-27,29-32,43-45H,3-13,16-20,22H2,1-2H3/t23?,26?,27?,29?,30-,31?,32+,34+/m1/s1. The number of aliphatic hydroxyl groups is 2. The lowest BCUT2D eigenvalue weighted by Gasteiger charge is -2.55. The normalized spacial score (nSPS) is 31.6. The zero-order valence-electron chi connectivity index (χ0n) is 27.8. The van der Waals surface area contributed by atoms with E-state index in [4.69, 9.17) is 4.74 Å². The summed E-state index contributed by atoms with van der Waals surface area (Å²) in [4.78, 5) is 12.1. The number of phenols is 1. The summed E-state index contributed by atoms with van der Waals surface area (Å²) in [5, 5.41) is 33.2. The van der Waals surface area contributed by atoms with Crippen LogP contribution in [0.2, 0.25) is 0 Å². The Bertz CT molecular complexity index is 1230. The SMILES string of the molecule is COC(=O)C(CCCCCCCCCC1C2C(CC[C@@]3(C)C2C[C@@H](O)C32CC2)c2ccc(O)cc2[C@H]1O)CCCC(F)(F)C(F)(F)F. The molecule has 1 aromatic rings. The second-order valence-electron chi connectivity index (χ2n) is 15.4. The van der Waals surface area contributed by atoms with E-state index in [1.54, 1.807) is 12.1 Å². The molecule has 3 N–H and O–H groups in total. The number of aliphatic hydroxyl groups excluding tert-OH is 2. The number of esters is 1. The van der Waals surface area contributed by atoms with Crippen molar-refractivity contribution in [2.45, 2.75) is 146 Å². The lowest BCUT2D eigenvalue weighted by molar-refractivity contribution is -0.284. The quantitative estimate of drug-likeness (QED) is 0.0982. The molecule has 0 heterocycles. The highest BCUT2D eigenvalue weighted by Gasteiger charge is 2.71. The molecule has 1 aromatic carbocycles. The van der Waals surface area contributed by atoms with Gasteiger partial charge in [0, 0.05) is 11.8 Å². The maximum atomic E-state index is 13.3. The fraction of sp³-hybridized carbons (Fsp3) is 0.811. The summed E-state index contributed by atoms with van der Waals surface area (Å²) < 4.78 is 68.6. The molecule has 5 rings (SSSR count). The molecule has 4 aliphatic rings. The van der Waals surface area contributed by atoms with Crippen LogP contribution in [-0.2, 0) is 9.53 Å². The highest BCUT2D eigenvalue weighted by atomic mass is 19.4. The van der Waals surface area contributed by atoms with E-state index in [1.165, 1.54) is 12.7 Å². The van der Waals surface area contributed by atoms with Gasteiger partial charge in [0.05, 0.1) is 25.2 Å². The number of alkyl halides is 5. The number of halogens is 5. The predicted octanol–water partition coefficient (Wildman–Crippen LogP) is 9.38. The van der Waals surface area contributed by atoms with Crippen molar-refractivity contribution in [1.82, 2.24) is 0 Å². The Hall–Kier alpha value is -1.94. The number of ether oxygens (including phenoxy) is 1. The van der Waals surface area contributed by atoms with E-state index in [9.17, 15) is 42.1 Å². The molecule has 47 heavy (non-hydrogen) atoms. The lowest BCUT2D eigenvalue weighted by Crippen LogP contribution is -2.47. The van der Waals surface area contributed by atoms with Gasteiger partial charge < -0.3 is 20.1 Å². The molecule has 0 bridgehead atoms. The van der Waals surface area contributed by atoms with Gasteiger partial charge in [-0.3, -0.25) is 4.79 Å². The minimum Gasteiger partial charge on any atom is -0.508 e. The molecule has 5 nitrogen and oxygen atoms in total. The second-order valence-corrected chi connectivity index (χ2v) is 15.4. The molecule has 0 aromatic heterocycles. The third-order valence-electron chi connectivity index (χ3n) is 13.0. The Morgan fingerprint density at radius 2 is 1.57 bits per heavy atom. The van der Waals surface area contributed by atoms with E-state index in [0.29, 0.717) is 30.6 Å². The fourth-order valence-corrected chi connectivity index (χ4v) is 10.3. The summed E-state index contributed by atoms with van der Waals surface area (Å²) in [6, 6.07) is 5.48. The Kier molecular flexibility index (Phi) is 10.9. The highest BCUT2D eigenvalue weighted by Crippen LogP contribution is 2.76. The molecule has 3 saturated carbocycles. The van der Waals surface area contributed by atoms with E-state index in [0.717, 1.165) is 82.6 Å². The van der Waals surface area contributed by atoms with Crippen LogP contribution in [0, 0.1) is 34.5 Å². The van der Waals surface area contributed by atoms with Gasteiger partial charge in [0.15, 0.2) is 0 Å². The number of unbranched alkanes of at least 4 members (excludes halogenated alkanes) is 6. The number of fused-ring (bicyclic) bond motifs is 6. The van der Waals surface area contributed by atoms with E-state index in [2.05, 4.69) is 6.92 Å². The predicted molar refractivity (Wildman–Crippen MR) is 168 cm³/mol. The molecule has 0 saturated heterocycles. The van der Waals surface area contributed by atoms with E-state index >= 15 is 0 Å². The number of benzene rings is 1. The third kappa shape index (κ3) is 7.06. The first kappa shape index (κ1) is 36.3. The van der Waals surface area contributed by atoms with Crippen LogP contribution < -0.4 is 0 Å². The van der Waals surface area contributed by atoms with E-state index in [-0.39, 0.29) is 35.0 Å². The van der Waals surface area contributed by atoms with Crippen LogP contribution in [0.3, 0.4) is 0 Å². The molecule has 10 heteroatoms. The van der Waals surface area contributed by atoms with Gasteiger partial charge in [-0.25, -0.2) is 0 Å². The zero-order valence-corrected chi connectivity index (χ0v) is 27.8. The Labute approximate surface area is 275 Å². The fourth-order valence-electron chi connectivity index (χ4n) is 10.3. The van der Waals surface area contributed by atoms with Crippen molar-refractivity contribution < 1.29 is 46.8 Å². The number of hydrogen-bond donors (Lipinski definition) is 3. The van der Waals surface area contributed by atoms with Crippen LogP contribution in [0.25, 0.3) is 0 Å². The lowest BCUT2D eigenvalue weighted by atomic mass is 9.50. The molecule has 0 radical (unpaired) electrons. The molecule has 0 aliphatic heterocycles. The molecule has 266 valence electrons. The average molecular weight is 673 g/mol. The Morgan fingerprint density at radius 3 is 2.21 bits per heavy atom. The minimum atomic E-state index is -5.59. The number of hydrogen-bond acceptors (Lipinski definition) is 5. The van der Waals surface area contributed by atoms with Crippen molar-refractivity contribution in [2.75, 3.05) is 7.11 Å². The molecule has 3 fully saturated rings. The van der Waals surface area contributed by atoms with Gasteiger partial charge in [0.2, 0.25) is 0 Å². The van der Waals surface area contributed by atoms with Crippen molar-refractivity contribution >= 4 is 5.97 Å². The van der Waals surface area contributed by atoms with E-state index in [1.807, 2.05) is 6.07 Å². The molecule has 1 spiro atoms. The largest absolute Gasteiger partial charge is 0.508 e. The van der Waals surface area contributed by atoms with Crippen LogP contribution in [0.1, 0.15) is 139 Å². The molecule has 8 atom stereocenters. The minimum absolute atomic E-state index is 0.0476. The summed E-state index contributed by atoms with van der Waals surface area (Å²) >= 11 is 0. The second kappa shape index (κ2) is 14.1. The van der Waals surface area contributed by atoms with Crippen molar-refractivity contribution in [1.29, 1.82) is 0 Å². The van der Waals surface area contributed by atoms with Crippen LogP contribution in [0.15, 0.2) is 18.2 Å². The summed E-state index contributed by atoms with van der Waals surface area (Å²) in [6.07, 6.45) is 4.59. The zero-order chi connectivity index (χ0) is 34.2. The van der Waals surface area contributed by atoms with Gasteiger partial charge in [-0.2, -0.15) is 22.0 Å². The van der Waals surface area contributed by atoms with Crippen molar-refractivity contribution in [3.8, 4) is 5.75 Å². The Morgan fingerprint density at radius 1 is 0.936 bits per heavy atom. The van der Waals surface area contributed by atoms with Crippen LogP contribution in [0.4, 0.5) is 22.0 Å². The molecular formula is C37H53F5O5. The van der Waals surface area contributed by atoms with Gasteiger partial charge >= 0.3 is 18.1 Å². The maximum absolute atomic E-state index is 13.3. The van der Waals surface area contributed by atoms with Gasteiger partial charge in [-0.15, -0.1) is 0 Å². The topological polar surface area (TPSA) is 87.0 Å². The van der Waals surface area contributed by atoms with Crippen molar-refractivity contribution in [3.05, 3.63) is 29.3 Å². The van der Waals surface area contributed by atoms with Crippen molar-refractivity contribution in [3.63, 3.8) is 0 Å². The third-order valence-corrected chi connectivity index (χ3v) is 13.0. The maximum Gasteiger partial charge on any atom is 0.453 e. The van der Waals surface area contributed by atoms with Gasteiger partial charge in [-0.1, -0.05) is 57.9 Å². The number of carbonyl (C=O) groups excluding carboxylic acids is 1. The summed E-state index contributed by atoms with van der Waals surface area (Å²) in [5.41, 5.74) is 2.17. The van der Waals surface area contributed by atoms with Crippen LogP contribution in [-0.4, -0.2) is 46.6 Å². The summed E-state index contributed by atoms with van der Waals surface area (Å²) in [7, 11) is 1.20.